The van der Waals surface area contributed by atoms with Gasteiger partial charge < -0.3 is 20.5 Å². The first kappa shape index (κ1) is 22.8. The normalized spacial score (nSPS) is 16.5. The largest absolute Gasteiger partial charge is 0.480 e. The number of carbonyl (C=O) groups excluding carboxylic acids is 2. The van der Waals surface area contributed by atoms with Crippen molar-refractivity contribution < 1.29 is 24.2 Å². The maximum absolute atomic E-state index is 12.8. The van der Waals surface area contributed by atoms with Crippen LogP contribution >= 0.6 is 0 Å². The van der Waals surface area contributed by atoms with Crippen LogP contribution in [0.25, 0.3) is 11.1 Å². The molecule has 0 saturated heterocycles. The summed E-state index contributed by atoms with van der Waals surface area (Å²) in [5.74, 6) is -1.57. The van der Waals surface area contributed by atoms with Gasteiger partial charge in [0.1, 0.15) is 18.7 Å². The molecule has 4 rings (SSSR count). The average Bonchev–Trinajstić information content (AvgIpc) is 3.55. The molecule has 2 atom stereocenters. The first-order valence-corrected chi connectivity index (χ1v) is 11.5. The van der Waals surface area contributed by atoms with Crippen molar-refractivity contribution in [2.45, 2.75) is 51.1 Å². The number of hydrogen-bond donors (Lipinski definition) is 3. The quantitative estimate of drug-likeness (QED) is 0.537. The van der Waals surface area contributed by atoms with Crippen molar-refractivity contribution in [1.29, 1.82) is 0 Å². The fraction of sp³-hybridized carbons (Fsp3) is 0.423. The lowest BCUT2D eigenvalue weighted by Crippen LogP contribution is -2.53. The van der Waals surface area contributed by atoms with Crippen LogP contribution in [0.15, 0.2) is 48.5 Å². The van der Waals surface area contributed by atoms with Crippen LogP contribution < -0.4 is 10.6 Å². The molecule has 2 aliphatic carbocycles. The van der Waals surface area contributed by atoms with Crippen LogP contribution in [0.3, 0.4) is 0 Å². The Morgan fingerprint density at radius 1 is 0.970 bits per heavy atom. The van der Waals surface area contributed by atoms with E-state index in [-0.39, 0.29) is 18.4 Å². The lowest BCUT2D eigenvalue weighted by molar-refractivity contribution is -0.143. The summed E-state index contributed by atoms with van der Waals surface area (Å²) in [6, 6.07) is 14.3. The highest BCUT2D eigenvalue weighted by molar-refractivity contribution is 5.89. The summed E-state index contributed by atoms with van der Waals surface area (Å²) in [6.07, 6.45) is 1.81. The number of carboxylic acid groups (broad SMARTS) is 1. The van der Waals surface area contributed by atoms with Gasteiger partial charge >= 0.3 is 12.1 Å². The van der Waals surface area contributed by atoms with E-state index in [1.54, 1.807) is 13.8 Å². The monoisotopic (exact) mass is 450 g/mol. The molecule has 0 radical (unpaired) electrons. The molecule has 33 heavy (non-hydrogen) atoms. The summed E-state index contributed by atoms with van der Waals surface area (Å²) in [4.78, 5) is 36.9. The topological polar surface area (TPSA) is 105 Å². The number of ether oxygens (including phenoxy) is 1. The van der Waals surface area contributed by atoms with E-state index in [1.165, 1.54) is 0 Å². The molecule has 1 fully saturated rings. The Labute approximate surface area is 193 Å². The number of rotatable bonds is 9. The van der Waals surface area contributed by atoms with Gasteiger partial charge in [0, 0.05) is 5.92 Å². The van der Waals surface area contributed by atoms with Gasteiger partial charge in [-0.2, -0.15) is 0 Å². The minimum absolute atomic E-state index is 0.0730. The molecule has 7 nitrogen and oxygen atoms in total. The van der Waals surface area contributed by atoms with Crippen LogP contribution in [0.2, 0.25) is 0 Å². The molecule has 174 valence electrons. The molecule has 0 heterocycles. The smallest absolute Gasteiger partial charge is 0.407 e. The number of aliphatic carboxylic acids is 1. The second-order valence-electron chi connectivity index (χ2n) is 9.27. The second kappa shape index (κ2) is 9.65. The van der Waals surface area contributed by atoms with Crippen molar-refractivity contribution in [1.82, 2.24) is 10.6 Å². The van der Waals surface area contributed by atoms with E-state index in [2.05, 4.69) is 22.8 Å². The summed E-state index contributed by atoms with van der Waals surface area (Å²) in [5, 5.41) is 14.6. The Morgan fingerprint density at radius 3 is 2.06 bits per heavy atom. The van der Waals surface area contributed by atoms with Gasteiger partial charge in [0.2, 0.25) is 5.91 Å². The second-order valence-corrected chi connectivity index (χ2v) is 9.27. The molecule has 1 saturated carbocycles. The Kier molecular flexibility index (Phi) is 6.67. The van der Waals surface area contributed by atoms with Gasteiger partial charge in [0.05, 0.1) is 0 Å². The minimum Gasteiger partial charge on any atom is -0.480 e. The number of amides is 2. The standard InChI is InChI=1S/C26H30N2O5/c1-15(2)23(25(30)31)28-24(29)22(13-16-11-12-16)27-26(32)33-14-21-19-9-5-3-7-17(19)18-8-4-6-10-20(18)21/h3-10,15-16,21-23H,11-14H2,1-2H3,(H,27,32)(H,28,29)(H,30,31)/t22?,23-/m0/s1. The number of benzene rings is 2. The molecule has 7 heteroatoms. The van der Waals surface area contributed by atoms with Crippen LogP contribution in [0.5, 0.6) is 0 Å². The summed E-state index contributed by atoms with van der Waals surface area (Å²) in [5.41, 5.74) is 4.50. The van der Waals surface area contributed by atoms with Crippen molar-refractivity contribution in [3.63, 3.8) is 0 Å². The highest BCUT2D eigenvalue weighted by Crippen LogP contribution is 2.44. The van der Waals surface area contributed by atoms with Gasteiger partial charge in [-0.1, -0.05) is 75.2 Å². The highest BCUT2D eigenvalue weighted by Gasteiger charge is 2.34. The first-order chi connectivity index (χ1) is 15.8. The number of fused-ring (bicyclic) bond motifs is 3. The van der Waals surface area contributed by atoms with E-state index in [0.29, 0.717) is 12.3 Å². The fourth-order valence-electron chi connectivity index (χ4n) is 4.47. The number of nitrogens with one attached hydrogen (secondary N) is 2. The molecular formula is C26H30N2O5. The molecule has 2 amide bonds. The van der Waals surface area contributed by atoms with Crippen molar-refractivity contribution in [3.05, 3.63) is 59.7 Å². The van der Waals surface area contributed by atoms with E-state index in [4.69, 9.17) is 4.74 Å². The maximum Gasteiger partial charge on any atom is 0.407 e. The molecule has 2 aliphatic rings. The predicted molar refractivity (Wildman–Crippen MR) is 124 cm³/mol. The molecule has 1 unspecified atom stereocenters. The maximum atomic E-state index is 12.8. The third-order valence-electron chi connectivity index (χ3n) is 6.45. The van der Waals surface area contributed by atoms with Gasteiger partial charge in [0.15, 0.2) is 0 Å². The fourth-order valence-corrected chi connectivity index (χ4v) is 4.47. The van der Waals surface area contributed by atoms with E-state index in [1.807, 2.05) is 36.4 Å². The van der Waals surface area contributed by atoms with Crippen LogP contribution in [0.4, 0.5) is 4.79 Å². The zero-order valence-electron chi connectivity index (χ0n) is 18.9. The molecule has 0 bridgehead atoms. The van der Waals surface area contributed by atoms with E-state index < -0.39 is 30.1 Å². The van der Waals surface area contributed by atoms with Crippen LogP contribution in [-0.4, -0.2) is 41.8 Å². The molecule has 0 aliphatic heterocycles. The van der Waals surface area contributed by atoms with Crippen molar-refractivity contribution >= 4 is 18.0 Å². The van der Waals surface area contributed by atoms with Crippen molar-refractivity contribution in [3.8, 4) is 11.1 Å². The predicted octanol–water partition coefficient (Wildman–Crippen LogP) is 3.92. The van der Waals surface area contributed by atoms with Gasteiger partial charge in [-0.05, 0) is 40.5 Å². The van der Waals surface area contributed by atoms with Gasteiger partial charge in [-0.15, -0.1) is 0 Å². The SMILES string of the molecule is CC(C)[C@H](NC(=O)C(CC1CC1)NC(=O)OCC1c2ccccc2-c2ccccc21)C(=O)O. The van der Waals surface area contributed by atoms with Crippen LogP contribution in [0, 0.1) is 11.8 Å². The molecule has 2 aromatic rings. The molecular weight excluding hydrogens is 420 g/mol. The highest BCUT2D eigenvalue weighted by atomic mass is 16.5. The van der Waals surface area contributed by atoms with E-state index >= 15 is 0 Å². The molecule has 0 spiro atoms. The lowest BCUT2D eigenvalue weighted by Gasteiger charge is -2.23. The number of carboxylic acids is 1. The van der Waals surface area contributed by atoms with Gasteiger partial charge in [-0.3, -0.25) is 4.79 Å². The van der Waals surface area contributed by atoms with E-state index in [9.17, 15) is 19.5 Å². The number of hydrogen-bond acceptors (Lipinski definition) is 4. The number of carbonyl (C=O) groups is 3. The zero-order chi connectivity index (χ0) is 23.5. The molecule has 0 aromatic heterocycles. The van der Waals surface area contributed by atoms with Gasteiger partial charge in [0.25, 0.3) is 0 Å². The first-order valence-electron chi connectivity index (χ1n) is 11.5. The third-order valence-corrected chi connectivity index (χ3v) is 6.45. The summed E-state index contributed by atoms with van der Waals surface area (Å²) < 4.78 is 5.58. The summed E-state index contributed by atoms with van der Waals surface area (Å²) in [6.45, 7) is 3.61. The summed E-state index contributed by atoms with van der Waals surface area (Å²) in [7, 11) is 0. The van der Waals surface area contributed by atoms with Crippen LogP contribution in [-0.2, 0) is 14.3 Å². The number of alkyl carbamates (subject to hydrolysis) is 1. The van der Waals surface area contributed by atoms with Crippen molar-refractivity contribution in [2.24, 2.45) is 11.8 Å². The minimum atomic E-state index is -1.09. The Hall–Kier alpha value is -3.35. The van der Waals surface area contributed by atoms with Crippen LogP contribution in [0.1, 0.15) is 50.2 Å². The zero-order valence-corrected chi connectivity index (χ0v) is 18.9. The summed E-state index contributed by atoms with van der Waals surface area (Å²) >= 11 is 0. The Morgan fingerprint density at radius 2 is 1.55 bits per heavy atom. The van der Waals surface area contributed by atoms with Crippen molar-refractivity contribution in [2.75, 3.05) is 6.61 Å². The van der Waals surface area contributed by atoms with Gasteiger partial charge in [-0.25, -0.2) is 9.59 Å². The Balaban J connectivity index is 1.41. The molecule has 2 aromatic carbocycles. The molecule has 3 N–H and O–H groups in total. The van der Waals surface area contributed by atoms with E-state index in [0.717, 1.165) is 35.1 Å². The Bertz CT molecular complexity index is 1000. The third kappa shape index (κ3) is 5.18. The lowest BCUT2D eigenvalue weighted by atomic mass is 9.98. The average molecular weight is 451 g/mol.